The predicted octanol–water partition coefficient (Wildman–Crippen LogP) is 4.19. The topological polar surface area (TPSA) is 55.4 Å². The normalized spacial score (nSPS) is 11.8. The molecule has 1 heterocycles. The van der Waals surface area contributed by atoms with Crippen molar-refractivity contribution in [2.24, 2.45) is 0 Å². The van der Waals surface area contributed by atoms with Gasteiger partial charge >= 0.3 is 5.97 Å². The van der Waals surface area contributed by atoms with Crippen molar-refractivity contribution >= 4 is 46.6 Å². The number of halogens is 1. The first-order valence-electron chi connectivity index (χ1n) is 7.78. The van der Waals surface area contributed by atoms with E-state index in [0.717, 1.165) is 14.8 Å². The molecule has 0 bridgehead atoms. The first-order chi connectivity index (χ1) is 11.9. The number of carbonyl (C=O) groups is 2. The molecule has 1 amide bonds. The molecular formula is C18H20ClNO3S2. The minimum Gasteiger partial charge on any atom is -0.452 e. The third-order valence-corrected chi connectivity index (χ3v) is 5.73. The fourth-order valence-electron chi connectivity index (χ4n) is 1.99. The van der Waals surface area contributed by atoms with Gasteiger partial charge in [0.15, 0.2) is 6.10 Å². The van der Waals surface area contributed by atoms with Gasteiger partial charge in [-0.2, -0.15) is 0 Å². The molecule has 1 aromatic heterocycles. The van der Waals surface area contributed by atoms with Crippen LogP contribution in [0.15, 0.2) is 36.4 Å². The maximum Gasteiger partial charge on any atom is 0.316 e. The van der Waals surface area contributed by atoms with Crippen LogP contribution in [0.25, 0.3) is 0 Å². The summed E-state index contributed by atoms with van der Waals surface area (Å²) in [7, 11) is 0. The quantitative estimate of drug-likeness (QED) is 0.678. The van der Waals surface area contributed by atoms with Crippen LogP contribution >= 0.6 is 34.7 Å². The third-order valence-electron chi connectivity index (χ3n) is 3.36. The Morgan fingerprint density at radius 1 is 1.24 bits per heavy atom. The van der Waals surface area contributed by atoms with Gasteiger partial charge in [0.1, 0.15) is 0 Å². The predicted molar refractivity (Wildman–Crippen MR) is 104 cm³/mol. The number of ether oxygens (including phenoxy) is 1. The minimum atomic E-state index is -0.810. The standard InChI is InChI=1S/C18H20ClNO3S2/c1-12-3-5-14(6-4-12)9-20-18(22)13(2)23-17(21)11-24-10-15-7-8-16(19)25-15/h3-8,13H,9-11H2,1-2H3,(H,20,22)/t13-/m0/s1. The Kier molecular flexibility index (Phi) is 7.81. The molecule has 0 unspecified atom stereocenters. The van der Waals surface area contributed by atoms with Crippen LogP contribution in [0.3, 0.4) is 0 Å². The van der Waals surface area contributed by atoms with Crippen LogP contribution < -0.4 is 5.32 Å². The van der Waals surface area contributed by atoms with Gasteiger partial charge in [-0.25, -0.2) is 0 Å². The number of amides is 1. The summed E-state index contributed by atoms with van der Waals surface area (Å²) in [6, 6.07) is 11.7. The Morgan fingerprint density at radius 3 is 2.60 bits per heavy atom. The fraction of sp³-hybridized carbons (Fsp3) is 0.333. The second-order valence-corrected chi connectivity index (χ2v) is 8.32. The number of nitrogens with one attached hydrogen (secondary N) is 1. The van der Waals surface area contributed by atoms with Crippen molar-refractivity contribution in [1.29, 1.82) is 0 Å². The van der Waals surface area contributed by atoms with Crippen LogP contribution in [0.4, 0.5) is 0 Å². The van der Waals surface area contributed by atoms with Crippen molar-refractivity contribution in [2.45, 2.75) is 32.2 Å². The first kappa shape index (κ1) is 19.8. The number of esters is 1. The minimum absolute atomic E-state index is 0.200. The van der Waals surface area contributed by atoms with Crippen molar-refractivity contribution in [2.75, 3.05) is 5.75 Å². The number of thioether (sulfide) groups is 1. The van der Waals surface area contributed by atoms with Crippen molar-refractivity contribution in [1.82, 2.24) is 5.32 Å². The number of carbonyl (C=O) groups excluding carboxylic acids is 2. The van der Waals surface area contributed by atoms with Gasteiger partial charge in [0.25, 0.3) is 5.91 Å². The summed E-state index contributed by atoms with van der Waals surface area (Å²) in [5, 5.41) is 2.77. The Hall–Kier alpha value is -1.50. The zero-order chi connectivity index (χ0) is 18.2. The van der Waals surface area contributed by atoms with Crippen molar-refractivity contribution < 1.29 is 14.3 Å². The van der Waals surface area contributed by atoms with Crippen LogP contribution in [0.1, 0.15) is 22.9 Å². The lowest BCUT2D eigenvalue weighted by Crippen LogP contribution is -2.35. The number of benzene rings is 1. The van der Waals surface area contributed by atoms with E-state index in [1.54, 1.807) is 6.92 Å². The van der Waals surface area contributed by atoms with E-state index in [0.29, 0.717) is 12.3 Å². The van der Waals surface area contributed by atoms with Crippen LogP contribution in [-0.4, -0.2) is 23.7 Å². The molecule has 0 radical (unpaired) electrons. The monoisotopic (exact) mass is 397 g/mol. The van der Waals surface area contributed by atoms with E-state index in [2.05, 4.69) is 5.32 Å². The lowest BCUT2D eigenvalue weighted by atomic mass is 10.1. The van der Waals surface area contributed by atoms with Crippen LogP contribution in [0.5, 0.6) is 0 Å². The maximum absolute atomic E-state index is 12.0. The molecule has 4 nitrogen and oxygen atoms in total. The average Bonchev–Trinajstić information content (AvgIpc) is 2.99. The average molecular weight is 398 g/mol. The molecule has 134 valence electrons. The molecule has 0 aliphatic heterocycles. The van der Waals surface area contributed by atoms with E-state index >= 15 is 0 Å². The number of hydrogen-bond donors (Lipinski definition) is 1. The largest absolute Gasteiger partial charge is 0.452 e. The molecule has 2 rings (SSSR count). The Labute approximate surface area is 160 Å². The van der Waals surface area contributed by atoms with Crippen molar-refractivity contribution in [3.05, 3.63) is 56.7 Å². The summed E-state index contributed by atoms with van der Waals surface area (Å²) in [6.45, 7) is 4.00. The molecule has 1 N–H and O–H groups in total. The van der Waals surface area contributed by atoms with Crippen LogP contribution in [0, 0.1) is 6.92 Å². The lowest BCUT2D eigenvalue weighted by molar-refractivity contribution is -0.152. The molecule has 0 fully saturated rings. The SMILES string of the molecule is Cc1ccc(CNC(=O)[C@H](C)OC(=O)CSCc2ccc(Cl)s2)cc1. The molecule has 0 saturated carbocycles. The highest BCUT2D eigenvalue weighted by atomic mass is 35.5. The van der Waals surface area contributed by atoms with E-state index in [1.807, 2.05) is 43.3 Å². The van der Waals surface area contributed by atoms with Crippen LogP contribution in [0.2, 0.25) is 4.34 Å². The zero-order valence-electron chi connectivity index (χ0n) is 14.1. The van der Waals surface area contributed by atoms with Gasteiger partial charge in [-0.15, -0.1) is 23.1 Å². The van der Waals surface area contributed by atoms with E-state index in [-0.39, 0.29) is 11.7 Å². The second-order valence-electron chi connectivity index (χ2n) is 5.53. The van der Waals surface area contributed by atoms with Gasteiger partial charge in [0.2, 0.25) is 0 Å². The highest BCUT2D eigenvalue weighted by molar-refractivity contribution is 7.99. The summed E-state index contributed by atoms with van der Waals surface area (Å²) in [5.74, 6) is 0.195. The summed E-state index contributed by atoms with van der Waals surface area (Å²) < 4.78 is 5.90. The van der Waals surface area contributed by atoms with E-state index in [4.69, 9.17) is 16.3 Å². The van der Waals surface area contributed by atoms with Crippen molar-refractivity contribution in [3.8, 4) is 0 Å². The Balaban J connectivity index is 1.66. The molecule has 1 atom stereocenters. The van der Waals surface area contributed by atoms with Crippen LogP contribution in [-0.2, 0) is 26.6 Å². The van der Waals surface area contributed by atoms with Gasteiger partial charge < -0.3 is 10.1 Å². The fourth-order valence-corrected chi connectivity index (χ4v) is 3.99. The summed E-state index contributed by atoms with van der Waals surface area (Å²) in [6.07, 6.45) is -0.810. The molecule has 0 aliphatic rings. The van der Waals surface area contributed by atoms with Gasteiger partial charge in [-0.3, -0.25) is 9.59 Å². The Bertz CT molecular complexity index is 715. The highest BCUT2D eigenvalue weighted by Crippen LogP contribution is 2.25. The summed E-state index contributed by atoms with van der Waals surface area (Å²) in [4.78, 5) is 24.9. The lowest BCUT2D eigenvalue weighted by Gasteiger charge is -2.13. The van der Waals surface area contributed by atoms with E-state index < -0.39 is 12.1 Å². The van der Waals surface area contributed by atoms with Gasteiger partial charge in [0.05, 0.1) is 10.1 Å². The molecule has 7 heteroatoms. The van der Waals surface area contributed by atoms with E-state index in [1.165, 1.54) is 28.7 Å². The van der Waals surface area contributed by atoms with Gasteiger partial charge in [-0.1, -0.05) is 41.4 Å². The Morgan fingerprint density at radius 2 is 1.96 bits per heavy atom. The molecular weight excluding hydrogens is 378 g/mol. The summed E-state index contributed by atoms with van der Waals surface area (Å²) >= 11 is 8.79. The molecule has 25 heavy (non-hydrogen) atoms. The number of hydrogen-bond acceptors (Lipinski definition) is 5. The summed E-state index contributed by atoms with van der Waals surface area (Å²) in [5.41, 5.74) is 2.17. The molecule has 0 aliphatic carbocycles. The van der Waals surface area contributed by atoms with Gasteiger partial charge in [-0.05, 0) is 31.5 Å². The highest BCUT2D eigenvalue weighted by Gasteiger charge is 2.17. The zero-order valence-corrected chi connectivity index (χ0v) is 16.5. The number of thiophene rings is 1. The first-order valence-corrected chi connectivity index (χ1v) is 10.1. The molecule has 0 saturated heterocycles. The van der Waals surface area contributed by atoms with Crippen molar-refractivity contribution in [3.63, 3.8) is 0 Å². The third kappa shape index (κ3) is 7.10. The van der Waals surface area contributed by atoms with E-state index in [9.17, 15) is 9.59 Å². The molecule has 2 aromatic rings. The maximum atomic E-state index is 12.0. The molecule has 1 aromatic carbocycles. The number of rotatable bonds is 8. The second kappa shape index (κ2) is 9.85. The number of aryl methyl sites for hydroxylation is 1. The molecule has 0 spiro atoms. The van der Waals surface area contributed by atoms with Gasteiger partial charge in [0, 0.05) is 17.2 Å². The smallest absolute Gasteiger partial charge is 0.316 e.